The summed E-state index contributed by atoms with van der Waals surface area (Å²) >= 11 is 0. The summed E-state index contributed by atoms with van der Waals surface area (Å²) in [5.41, 5.74) is -0.00264. The summed E-state index contributed by atoms with van der Waals surface area (Å²) in [6.07, 6.45) is 1.76. The maximum atomic E-state index is 11.3. The normalized spacial score (nSPS) is 17.7. The van der Waals surface area contributed by atoms with E-state index in [9.17, 15) is 20.2 Å². The molecule has 2 rings (SSSR count). The summed E-state index contributed by atoms with van der Waals surface area (Å²) in [7, 11) is 0. The predicted octanol–water partition coefficient (Wildman–Crippen LogP) is 2.08. The number of nitro benzene ring substituents is 2. The molecule has 1 atom stereocenters. The quantitative estimate of drug-likeness (QED) is 0.636. The zero-order chi connectivity index (χ0) is 15.4. The summed E-state index contributed by atoms with van der Waals surface area (Å²) in [4.78, 5) is 22.9. The molecule has 1 unspecified atom stereocenters. The van der Waals surface area contributed by atoms with Crippen molar-refractivity contribution in [3.63, 3.8) is 0 Å². The Morgan fingerprint density at radius 2 is 2.10 bits per heavy atom. The second-order valence-corrected chi connectivity index (χ2v) is 5.03. The molecule has 0 aromatic heterocycles. The van der Waals surface area contributed by atoms with Gasteiger partial charge in [0.25, 0.3) is 11.4 Å². The molecule has 1 saturated heterocycles. The summed E-state index contributed by atoms with van der Waals surface area (Å²) in [5.74, 6) is 0. The van der Waals surface area contributed by atoms with Gasteiger partial charge in [0.05, 0.1) is 15.9 Å². The molecule has 1 N–H and O–H groups in total. The zero-order valence-corrected chi connectivity index (χ0v) is 11.8. The van der Waals surface area contributed by atoms with E-state index in [2.05, 4.69) is 5.32 Å². The Kier molecular flexibility index (Phi) is 4.69. The van der Waals surface area contributed by atoms with E-state index < -0.39 is 9.85 Å². The maximum Gasteiger partial charge on any atom is 0.299 e. The van der Waals surface area contributed by atoms with Crippen molar-refractivity contribution in [2.75, 3.05) is 24.5 Å². The van der Waals surface area contributed by atoms with Crippen LogP contribution in [0.3, 0.4) is 0 Å². The second-order valence-electron chi connectivity index (χ2n) is 5.03. The average Bonchev–Trinajstić information content (AvgIpc) is 2.98. The van der Waals surface area contributed by atoms with Gasteiger partial charge >= 0.3 is 0 Å². The van der Waals surface area contributed by atoms with Gasteiger partial charge in [-0.15, -0.1) is 0 Å². The molecule has 1 heterocycles. The molecule has 0 bridgehead atoms. The van der Waals surface area contributed by atoms with Crippen LogP contribution in [-0.2, 0) is 0 Å². The van der Waals surface area contributed by atoms with Gasteiger partial charge < -0.3 is 10.2 Å². The number of nitrogens with one attached hydrogen (secondary N) is 1. The second kappa shape index (κ2) is 6.49. The molecule has 0 aliphatic carbocycles. The van der Waals surface area contributed by atoms with E-state index in [1.165, 1.54) is 12.1 Å². The Balaban J connectivity index is 2.43. The first kappa shape index (κ1) is 15.2. The number of hydrogen-bond acceptors (Lipinski definition) is 6. The van der Waals surface area contributed by atoms with Crippen LogP contribution in [0.25, 0.3) is 0 Å². The van der Waals surface area contributed by atoms with E-state index >= 15 is 0 Å². The largest absolute Gasteiger partial charge is 0.362 e. The molecule has 1 aromatic rings. The molecule has 1 aliphatic rings. The molecule has 1 fully saturated rings. The van der Waals surface area contributed by atoms with Crippen LogP contribution in [0.4, 0.5) is 17.1 Å². The van der Waals surface area contributed by atoms with Gasteiger partial charge in [-0.2, -0.15) is 0 Å². The van der Waals surface area contributed by atoms with Crippen LogP contribution < -0.4 is 10.2 Å². The van der Waals surface area contributed by atoms with Gasteiger partial charge in [-0.05, 0) is 25.5 Å². The number of benzene rings is 1. The van der Waals surface area contributed by atoms with Crippen LogP contribution >= 0.6 is 0 Å². The third-order valence-corrected chi connectivity index (χ3v) is 3.62. The van der Waals surface area contributed by atoms with E-state index in [0.29, 0.717) is 12.2 Å². The van der Waals surface area contributed by atoms with Gasteiger partial charge in [-0.1, -0.05) is 6.92 Å². The van der Waals surface area contributed by atoms with Gasteiger partial charge in [0.1, 0.15) is 5.69 Å². The molecule has 8 heteroatoms. The molecule has 0 amide bonds. The Bertz CT molecular complexity index is 543. The summed E-state index contributed by atoms with van der Waals surface area (Å²) in [6.45, 7) is 4.34. The van der Waals surface area contributed by atoms with Gasteiger partial charge in [0.15, 0.2) is 0 Å². The predicted molar refractivity (Wildman–Crippen MR) is 78.7 cm³/mol. The van der Waals surface area contributed by atoms with Crippen LogP contribution in [0.2, 0.25) is 0 Å². The van der Waals surface area contributed by atoms with Gasteiger partial charge in [0.2, 0.25) is 0 Å². The third kappa shape index (κ3) is 3.27. The van der Waals surface area contributed by atoms with E-state index in [-0.39, 0.29) is 17.4 Å². The smallest absolute Gasteiger partial charge is 0.299 e. The minimum absolute atomic E-state index is 0.185. The van der Waals surface area contributed by atoms with Crippen LogP contribution in [-0.4, -0.2) is 35.5 Å². The van der Waals surface area contributed by atoms with E-state index in [1.807, 2.05) is 11.8 Å². The highest BCUT2D eigenvalue weighted by molar-refractivity contribution is 5.67. The van der Waals surface area contributed by atoms with Crippen LogP contribution in [0.1, 0.15) is 19.8 Å². The fourth-order valence-corrected chi connectivity index (χ4v) is 2.66. The third-order valence-electron chi connectivity index (χ3n) is 3.62. The summed E-state index contributed by atoms with van der Waals surface area (Å²) in [6, 6.07) is 4.04. The molecule has 114 valence electrons. The van der Waals surface area contributed by atoms with Crippen molar-refractivity contribution in [1.29, 1.82) is 0 Å². The number of rotatable bonds is 6. The Morgan fingerprint density at radius 1 is 1.33 bits per heavy atom. The number of non-ortho nitro benzene ring substituents is 1. The molecule has 1 aliphatic heterocycles. The standard InChI is InChI=1S/C13H18N4O4/c1-2-7-15(11-5-6-14-9-11)12-4-3-10(16(18)19)8-13(12)17(20)21/h3-4,8,11,14H,2,5-7,9H2,1H3. The molecule has 0 spiro atoms. The minimum Gasteiger partial charge on any atom is -0.362 e. The Morgan fingerprint density at radius 3 is 2.62 bits per heavy atom. The molecule has 0 radical (unpaired) electrons. The number of hydrogen-bond donors (Lipinski definition) is 1. The van der Waals surface area contributed by atoms with Crippen molar-refractivity contribution in [2.24, 2.45) is 0 Å². The first-order chi connectivity index (χ1) is 10.0. The van der Waals surface area contributed by atoms with Crippen LogP contribution in [0.15, 0.2) is 18.2 Å². The highest BCUT2D eigenvalue weighted by atomic mass is 16.6. The van der Waals surface area contributed by atoms with Crippen molar-refractivity contribution in [2.45, 2.75) is 25.8 Å². The fourth-order valence-electron chi connectivity index (χ4n) is 2.66. The van der Waals surface area contributed by atoms with Crippen LogP contribution in [0.5, 0.6) is 0 Å². The summed E-state index contributed by atoms with van der Waals surface area (Å²) < 4.78 is 0. The number of nitrogens with zero attached hydrogens (tertiary/aromatic N) is 3. The van der Waals surface area contributed by atoms with Crippen molar-refractivity contribution < 1.29 is 9.85 Å². The first-order valence-corrected chi connectivity index (χ1v) is 6.94. The van der Waals surface area contributed by atoms with Crippen LogP contribution in [0, 0.1) is 20.2 Å². The van der Waals surface area contributed by atoms with E-state index in [0.717, 1.165) is 32.0 Å². The first-order valence-electron chi connectivity index (χ1n) is 6.94. The lowest BCUT2D eigenvalue weighted by Gasteiger charge is -2.29. The Labute approximate surface area is 122 Å². The molecular formula is C13H18N4O4. The molecule has 0 saturated carbocycles. The Hall–Kier alpha value is -2.22. The highest BCUT2D eigenvalue weighted by Gasteiger charge is 2.29. The van der Waals surface area contributed by atoms with E-state index in [4.69, 9.17) is 0 Å². The maximum absolute atomic E-state index is 11.3. The van der Waals surface area contributed by atoms with Gasteiger partial charge in [-0.3, -0.25) is 20.2 Å². The molecule has 21 heavy (non-hydrogen) atoms. The van der Waals surface area contributed by atoms with Crippen molar-refractivity contribution in [1.82, 2.24) is 5.32 Å². The lowest BCUT2D eigenvalue weighted by atomic mass is 10.1. The number of nitro groups is 2. The SMILES string of the molecule is CCCN(c1ccc([N+](=O)[O-])cc1[N+](=O)[O-])C1CCNC1. The molecular weight excluding hydrogens is 276 g/mol. The van der Waals surface area contributed by atoms with Gasteiger partial charge in [0, 0.05) is 25.2 Å². The van der Waals surface area contributed by atoms with Crippen molar-refractivity contribution >= 4 is 17.1 Å². The lowest BCUT2D eigenvalue weighted by molar-refractivity contribution is -0.393. The van der Waals surface area contributed by atoms with Crippen molar-refractivity contribution in [3.05, 3.63) is 38.4 Å². The number of anilines is 1. The lowest BCUT2D eigenvalue weighted by Crippen LogP contribution is -2.37. The summed E-state index contributed by atoms with van der Waals surface area (Å²) in [5, 5.41) is 25.3. The molecule has 8 nitrogen and oxygen atoms in total. The zero-order valence-electron chi connectivity index (χ0n) is 11.8. The highest BCUT2D eigenvalue weighted by Crippen LogP contribution is 2.34. The molecule has 1 aromatic carbocycles. The topological polar surface area (TPSA) is 102 Å². The fraction of sp³-hybridized carbons (Fsp3) is 0.538. The van der Waals surface area contributed by atoms with Gasteiger partial charge in [-0.25, -0.2) is 0 Å². The van der Waals surface area contributed by atoms with Crippen molar-refractivity contribution in [3.8, 4) is 0 Å². The monoisotopic (exact) mass is 294 g/mol. The average molecular weight is 294 g/mol. The van der Waals surface area contributed by atoms with E-state index in [1.54, 1.807) is 0 Å². The minimum atomic E-state index is -0.613.